The number of aromatic nitrogens is 3. The van der Waals surface area contributed by atoms with Gasteiger partial charge in [0.15, 0.2) is 5.82 Å². The Bertz CT molecular complexity index is 1180. The van der Waals surface area contributed by atoms with Gasteiger partial charge in [0.05, 0.1) is 11.2 Å². The molecule has 1 atom stereocenters. The second kappa shape index (κ2) is 8.37. The van der Waals surface area contributed by atoms with E-state index in [4.69, 9.17) is 28.8 Å². The van der Waals surface area contributed by atoms with Crippen LogP contribution in [0.1, 0.15) is 30.0 Å². The number of hydrogen-bond acceptors (Lipinski definition) is 8. The predicted octanol–water partition coefficient (Wildman–Crippen LogP) is 4.45. The summed E-state index contributed by atoms with van der Waals surface area (Å²) in [5.41, 5.74) is 21.5. The number of benzene rings is 1. The molecule has 1 spiro atoms. The first-order chi connectivity index (χ1) is 15.4. The van der Waals surface area contributed by atoms with Crippen LogP contribution in [-0.4, -0.2) is 28.0 Å². The van der Waals surface area contributed by atoms with Crippen LogP contribution >= 0.6 is 39.3 Å². The molecule has 1 fully saturated rings. The standard InChI is InChI=1S/C22H23BrClN7S/c23-14-3-1-2-12-13(14)10-22(18(12)25)5-8-31(9-6-22)16-11-29-21(20(27)30-16)32-15-4-7-28-19(26)17(15)24/h1-4,7,11,18H,5-6,8-10,25H2,(H2,26,28)(H2,27,30)/t18-/m1/s1. The van der Waals surface area contributed by atoms with E-state index in [1.165, 1.54) is 22.9 Å². The first-order valence-corrected chi connectivity index (χ1v) is 12.3. The second-order valence-electron chi connectivity index (χ2n) is 8.34. The maximum Gasteiger partial charge on any atom is 0.158 e. The molecule has 1 aliphatic heterocycles. The van der Waals surface area contributed by atoms with E-state index in [0.717, 1.165) is 47.5 Å². The van der Waals surface area contributed by atoms with Crippen LogP contribution in [0.5, 0.6) is 0 Å². The van der Waals surface area contributed by atoms with Crippen molar-refractivity contribution in [2.24, 2.45) is 11.1 Å². The number of piperidine rings is 1. The molecule has 0 bridgehead atoms. The van der Waals surface area contributed by atoms with E-state index in [2.05, 4.69) is 54.0 Å². The largest absolute Gasteiger partial charge is 0.382 e. The zero-order valence-corrected chi connectivity index (χ0v) is 20.4. The van der Waals surface area contributed by atoms with Gasteiger partial charge in [-0.25, -0.2) is 15.0 Å². The maximum absolute atomic E-state index is 6.73. The summed E-state index contributed by atoms with van der Waals surface area (Å²) in [6, 6.07) is 8.18. The quantitative estimate of drug-likeness (QED) is 0.453. The van der Waals surface area contributed by atoms with Gasteiger partial charge in [-0.3, -0.25) is 0 Å². The van der Waals surface area contributed by atoms with E-state index in [9.17, 15) is 0 Å². The number of nitrogen functional groups attached to an aromatic ring is 2. The Balaban J connectivity index is 1.30. The number of nitrogens with two attached hydrogens (primary N) is 3. The molecule has 2 aliphatic rings. The first kappa shape index (κ1) is 21.8. The Morgan fingerprint density at radius 3 is 2.62 bits per heavy atom. The lowest BCUT2D eigenvalue weighted by Crippen LogP contribution is -2.44. The summed E-state index contributed by atoms with van der Waals surface area (Å²) < 4.78 is 1.16. The molecular weight excluding hydrogens is 510 g/mol. The highest BCUT2D eigenvalue weighted by Gasteiger charge is 2.46. The highest BCUT2D eigenvalue weighted by Crippen LogP contribution is 2.52. The van der Waals surface area contributed by atoms with Gasteiger partial charge in [-0.1, -0.05) is 51.4 Å². The molecular formula is C22H23BrClN7S. The molecule has 3 heterocycles. The summed E-state index contributed by atoms with van der Waals surface area (Å²) in [7, 11) is 0. The number of hydrogen-bond donors (Lipinski definition) is 3. The number of fused-ring (bicyclic) bond motifs is 1. The Labute approximate surface area is 204 Å². The third-order valence-corrected chi connectivity index (χ3v) is 8.92. The molecule has 7 nitrogen and oxygen atoms in total. The Morgan fingerprint density at radius 1 is 1.12 bits per heavy atom. The summed E-state index contributed by atoms with van der Waals surface area (Å²) >= 11 is 11.3. The Kier molecular flexibility index (Phi) is 5.69. The van der Waals surface area contributed by atoms with Crippen LogP contribution in [0.3, 0.4) is 0 Å². The van der Waals surface area contributed by atoms with Crippen LogP contribution in [0.15, 0.2) is 51.1 Å². The van der Waals surface area contributed by atoms with E-state index in [0.29, 0.717) is 15.9 Å². The molecule has 10 heteroatoms. The number of anilines is 3. The van der Waals surface area contributed by atoms with Crippen molar-refractivity contribution in [1.29, 1.82) is 0 Å². The van der Waals surface area contributed by atoms with Crippen molar-refractivity contribution in [3.05, 3.63) is 57.3 Å². The molecule has 0 saturated carbocycles. The first-order valence-electron chi connectivity index (χ1n) is 10.4. The fourth-order valence-electron chi connectivity index (χ4n) is 4.75. The zero-order chi connectivity index (χ0) is 22.5. The summed E-state index contributed by atoms with van der Waals surface area (Å²) in [6.45, 7) is 1.74. The highest BCUT2D eigenvalue weighted by atomic mass is 79.9. The zero-order valence-electron chi connectivity index (χ0n) is 17.3. The van der Waals surface area contributed by atoms with E-state index in [1.807, 2.05) is 0 Å². The van der Waals surface area contributed by atoms with Crippen LogP contribution in [0.4, 0.5) is 17.5 Å². The average molecular weight is 533 g/mol. The smallest absolute Gasteiger partial charge is 0.158 e. The molecule has 1 saturated heterocycles. The molecule has 3 aromatic rings. The number of halogens is 2. The second-order valence-corrected chi connectivity index (χ2v) is 10.6. The molecule has 0 unspecified atom stereocenters. The van der Waals surface area contributed by atoms with Gasteiger partial charge < -0.3 is 22.1 Å². The minimum atomic E-state index is 0.0598. The SMILES string of the molecule is Nc1nc(N2CCC3(CC2)Cc2c(Br)cccc2[C@H]3N)cnc1Sc1ccnc(N)c1Cl. The van der Waals surface area contributed by atoms with Crippen molar-refractivity contribution in [3.63, 3.8) is 0 Å². The van der Waals surface area contributed by atoms with Crippen molar-refractivity contribution in [2.75, 3.05) is 29.5 Å². The lowest BCUT2D eigenvalue weighted by Gasteiger charge is -2.42. The van der Waals surface area contributed by atoms with Crippen molar-refractivity contribution < 1.29 is 0 Å². The van der Waals surface area contributed by atoms with Crippen LogP contribution < -0.4 is 22.1 Å². The minimum Gasteiger partial charge on any atom is -0.382 e. The van der Waals surface area contributed by atoms with Crippen LogP contribution in [0, 0.1) is 5.41 Å². The third-order valence-electron chi connectivity index (χ3n) is 6.60. The fraction of sp³-hybridized carbons (Fsp3) is 0.318. The van der Waals surface area contributed by atoms with E-state index in [1.54, 1.807) is 18.5 Å². The number of pyridine rings is 1. The molecule has 6 N–H and O–H groups in total. The van der Waals surface area contributed by atoms with Crippen LogP contribution in [-0.2, 0) is 6.42 Å². The lowest BCUT2D eigenvalue weighted by atomic mass is 9.73. The molecule has 0 radical (unpaired) electrons. The van der Waals surface area contributed by atoms with Gasteiger partial charge in [-0.2, -0.15) is 0 Å². The van der Waals surface area contributed by atoms with E-state index < -0.39 is 0 Å². The molecule has 32 heavy (non-hydrogen) atoms. The topological polar surface area (TPSA) is 120 Å². The Morgan fingerprint density at radius 2 is 1.91 bits per heavy atom. The summed E-state index contributed by atoms with van der Waals surface area (Å²) in [4.78, 5) is 16.1. The monoisotopic (exact) mass is 531 g/mol. The van der Waals surface area contributed by atoms with Gasteiger partial charge >= 0.3 is 0 Å². The van der Waals surface area contributed by atoms with E-state index >= 15 is 0 Å². The maximum atomic E-state index is 6.73. The molecule has 0 amide bonds. The van der Waals surface area contributed by atoms with Gasteiger partial charge in [0.25, 0.3) is 0 Å². The van der Waals surface area contributed by atoms with Crippen LogP contribution in [0.2, 0.25) is 5.02 Å². The predicted molar refractivity (Wildman–Crippen MR) is 133 cm³/mol. The lowest BCUT2D eigenvalue weighted by molar-refractivity contribution is 0.187. The molecule has 1 aliphatic carbocycles. The molecule has 5 rings (SSSR count). The van der Waals surface area contributed by atoms with Gasteiger partial charge in [-0.15, -0.1) is 0 Å². The summed E-state index contributed by atoms with van der Waals surface area (Å²) in [5, 5.41) is 0.984. The van der Waals surface area contributed by atoms with Crippen LogP contribution in [0.25, 0.3) is 0 Å². The molecule has 1 aromatic carbocycles. The third kappa shape index (κ3) is 3.71. The fourth-order valence-corrected chi connectivity index (χ4v) is 6.29. The Hall–Kier alpha value is -2.07. The van der Waals surface area contributed by atoms with Gasteiger partial charge in [0, 0.05) is 34.7 Å². The van der Waals surface area contributed by atoms with Gasteiger partial charge in [0.2, 0.25) is 0 Å². The van der Waals surface area contributed by atoms with Gasteiger partial charge in [0.1, 0.15) is 16.7 Å². The van der Waals surface area contributed by atoms with Crippen molar-refractivity contribution in [3.8, 4) is 0 Å². The van der Waals surface area contributed by atoms with Crippen molar-refractivity contribution >= 4 is 56.7 Å². The highest BCUT2D eigenvalue weighted by molar-refractivity contribution is 9.10. The average Bonchev–Trinajstić information content (AvgIpc) is 3.06. The summed E-state index contributed by atoms with van der Waals surface area (Å²) in [5.74, 6) is 1.43. The molecule has 2 aromatic heterocycles. The molecule has 166 valence electrons. The number of nitrogens with zero attached hydrogens (tertiary/aromatic N) is 4. The number of rotatable bonds is 3. The van der Waals surface area contributed by atoms with Crippen molar-refractivity contribution in [2.45, 2.75) is 35.2 Å². The van der Waals surface area contributed by atoms with E-state index in [-0.39, 0.29) is 17.3 Å². The van der Waals surface area contributed by atoms with Gasteiger partial charge in [-0.05, 0) is 47.9 Å². The minimum absolute atomic E-state index is 0.0598. The normalized spacial score (nSPS) is 19.3. The summed E-state index contributed by atoms with van der Waals surface area (Å²) in [6.07, 6.45) is 6.39. The van der Waals surface area contributed by atoms with Crippen molar-refractivity contribution in [1.82, 2.24) is 15.0 Å².